The summed E-state index contributed by atoms with van der Waals surface area (Å²) in [7, 11) is 0. The molecule has 1 N–H and O–H groups in total. The summed E-state index contributed by atoms with van der Waals surface area (Å²) in [5.74, 6) is 0. The lowest BCUT2D eigenvalue weighted by Crippen LogP contribution is -2.40. The van der Waals surface area contributed by atoms with E-state index >= 15 is 0 Å². The van der Waals surface area contributed by atoms with Gasteiger partial charge in [-0.1, -0.05) is 48.5 Å². The molecule has 2 nitrogen and oxygen atoms in total. The second kappa shape index (κ2) is 7.06. The van der Waals surface area contributed by atoms with Gasteiger partial charge < -0.3 is 10.2 Å². The Morgan fingerprint density at radius 3 is 2.15 bits per heavy atom. The summed E-state index contributed by atoms with van der Waals surface area (Å²) in [4.78, 5) is 2.11. The van der Waals surface area contributed by atoms with Gasteiger partial charge in [-0.15, -0.1) is 0 Å². The Bertz CT molecular complexity index is 539. The molecule has 20 heavy (non-hydrogen) atoms. The summed E-state index contributed by atoms with van der Waals surface area (Å²) in [6.45, 7) is 5.08. The summed E-state index contributed by atoms with van der Waals surface area (Å²) >= 11 is 5.55. The first-order valence-corrected chi connectivity index (χ1v) is 7.31. The van der Waals surface area contributed by atoms with Crippen LogP contribution in [0.2, 0.25) is 0 Å². The highest BCUT2D eigenvalue weighted by Gasteiger charge is 2.12. The Hall–Kier alpha value is -1.87. The van der Waals surface area contributed by atoms with E-state index in [0.717, 1.165) is 17.3 Å². The summed E-state index contributed by atoms with van der Waals surface area (Å²) < 4.78 is 0. The highest BCUT2D eigenvalue weighted by atomic mass is 32.1. The van der Waals surface area contributed by atoms with Crippen LogP contribution in [-0.4, -0.2) is 11.7 Å². The Morgan fingerprint density at radius 2 is 1.60 bits per heavy atom. The van der Waals surface area contributed by atoms with Crippen LogP contribution in [0.4, 0.5) is 5.69 Å². The molecule has 0 aliphatic heterocycles. The first-order chi connectivity index (χ1) is 9.72. The van der Waals surface area contributed by atoms with Crippen molar-refractivity contribution in [2.75, 3.05) is 11.4 Å². The van der Waals surface area contributed by atoms with Crippen LogP contribution in [-0.2, 0) is 0 Å². The molecule has 0 bridgehead atoms. The molecular weight excluding hydrogens is 264 g/mol. The van der Waals surface area contributed by atoms with Crippen molar-refractivity contribution in [3.05, 3.63) is 66.2 Å². The molecule has 0 aliphatic rings. The fraction of sp³-hybridized carbons (Fsp3) is 0.235. The molecule has 1 unspecified atom stereocenters. The van der Waals surface area contributed by atoms with Gasteiger partial charge in [-0.25, -0.2) is 0 Å². The average molecular weight is 284 g/mol. The minimum absolute atomic E-state index is 0.196. The Kier molecular flexibility index (Phi) is 5.13. The summed E-state index contributed by atoms with van der Waals surface area (Å²) in [5.41, 5.74) is 2.35. The van der Waals surface area contributed by atoms with E-state index < -0.39 is 0 Å². The molecule has 0 spiro atoms. The quantitative estimate of drug-likeness (QED) is 0.849. The van der Waals surface area contributed by atoms with E-state index in [-0.39, 0.29) is 6.04 Å². The molecule has 3 heteroatoms. The molecule has 2 aromatic rings. The van der Waals surface area contributed by atoms with E-state index in [4.69, 9.17) is 12.2 Å². The van der Waals surface area contributed by atoms with E-state index in [9.17, 15) is 0 Å². The van der Waals surface area contributed by atoms with Gasteiger partial charge in [-0.3, -0.25) is 0 Å². The smallest absolute Gasteiger partial charge is 0.173 e. The van der Waals surface area contributed by atoms with Crippen molar-refractivity contribution in [2.24, 2.45) is 0 Å². The van der Waals surface area contributed by atoms with Gasteiger partial charge in [0.1, 0.15) is 0 Å². The number of nitrogens with one attached hydrogen (secondary N) is 1. The van der Waals surface area contributed by atoms with Crippen LogP contribution in [0.25, 0.3) is 0 Å². The van der Waals surface area contributed by atoms with Gasteiger partial charge in [0.05, 0.1) is 6.04 Å². The van der Waals surface area contributed by atoms with Gasteiger partial charge >= 0.3 is 0 Å². The lowest BCUT2D eigenvalue weighted by Gasteiger charge is -2.27. The van der Waals surface area contributed by atoms with Crippen LogP contribution in [0.5, 0.6) is 0 Å². The number of nitrogens with zero attached hydrogens (tertiary/aromatic N) is 1. The SMILES string of the molecule is CCN(C(=S)NC(C)c1ccccc1)c1ccccc1. The third-order valence-corrected chi connectivity index (χ3v) is 3.61. The predicted molar refractivity (Wildman–Crippen MR) is 90.1 cm³/mol. The van der Waals surface area contributed by atoms with Crippen molar-refractivity contribution in [3.63, 3.8) is 0 Å². The van der Waals surface area contributed by atoms with E-state index in [1.165, 1.54) is 5.56 Å². The predicted octanol–water partition coefficient (Wildman–Crippen LogP) is 4.15. The highest BCUT2D eigenvalue weighted by Crippen LogP contribution is 2.16. The minimum Gasteiger partial charge on any atom is -0.356 e. The number of hydrogen-bond donors (Lipinski definition) is 1. The number of para-hydroxylation sites is 1. The molecule has 2 aromatic carbocycles. The molecule has 0 amide bonds. The van der Waals surface area contributed by atoms with Crippen LogP contribution < -0.4 is 10.2 Å². The van der Waals surface area contributed by atoms with Crippen LogP contribution >= 0.6 is 12.2 Å². The zero-order valence-corrected chi connectivity index (χ0v) is 12.7. The second-order valence-electron chi connectivity index (χ2n) is 4.66. The van der Waals surface area contributed by atoms with Crippen molar-refractivity contribution < 1.29 is 0 Å². The molecule has 1 atom stereocenters. The van der Waals surface area contributed by atoms with E-state index in [0.29, 0.717) is 0 Å². The largest absolute Gasteiger partial charge is 0.356 e. The van der Waals surface area contributed by atoms with Gasteiger partial charge in [0, 0.05) is 12.2 Å². The van der Waals surface area contributed by atoms with Gasteiger partial charge in [-0.2, -0.15) is 0 Å². The fourth-order valence-electron chi connectivity index (χ4n) is 2.14. The fourth-order valence-corrected chi connectivity index (χ4v) is 2.55. The standard InChI is InChI=1S/C17H20N2S/c1-3-19(16-12-8-5-9-13-16)17(20)18-14(2)15-10-6-4-7-11-15/h4-14H,3H2,1-2H3,(H,18,20). The van der Waals surface area contributed by atoms with Gasteiger partial charge in [0.25, 0.3) is 0 Å². The molecule has 104 valence electrons. The number of rotatable bonds is 4. The van der Waals surface area contributed by atoms with E-state index in [1.807, 2.05) is 36.4 Å². The highest BCUT2D eigenvalue weighted by molar-refractivity contribution is 7.80. The monoisotopic (exact) mass is 284 g/mol. The normalized spacial score (nSPS) is 11.7. The zero-order valence-electron chi connectivity index (χ0n) is 11.9. The third kappa shape index (κ3) is 3.58. The van der Waals surface area contributed by atoms with E-state index in [2.05, 4.69) is 48.3 Å². The summed E-state index contributed by atoms with van der Waals surface area (Å²) in [5, 5.41) is 4.16. The number of anilines is 1. The van der Waals surface area contributed by atoms with Crippen LogP contribution in [0, 0.1) is 0 Å². The lowest BCUT2D eigenvalue weighted by atomic mass is 10.1. The molecule has 0 fully saturated rings. The molecule has 0 radical (unpaired) electrons. The first-order valence-electron chi connectivity index (χ1n) is 6.90. The number of thiocarbonyl (C=S) groups is 1. The van der Waals surface area contributed by atoms with Crippen molar-refractivity contribution >= 4 is 23.0 Å². The Morgan fingerprint density at radius 1 is 1.05 bits per heavy atom. The third-order valence-electron chi connectivity index (χ3n) is 3.27. The molecule has 0 saturated carbocycles. The Labute approximate surface area is 126 Å². The lowest BCUT2D eigenvalue weighted by molar-refractivity contribution is 0.712. The van der Waals surface area contributed by atoms with Crippen LogP contribution in [0.15, 0.2) is 60.7 Å². The molecule has 0 aromatic heterocycles. The van der Waals surface area contributed by atoms with Crippen molar-refractivity contribution in [3.8, 4) is 0 Å². The van der Waals surface area contributed by atoms with Gasteiger partial charge in [0.15, 0.2) is 5.11 Å². The van der Waals surface area contributed by atoms with Crippen LogP contribution in [0.1, 0.15) is 25.5 Å². The van der Waals surface area contributed by atoms with Crippen LogP contribution in [0.3, 0.4) is 0 Å². The summed E-state index contributed by atoms with van der Waals surface area (Å²) in [6.07, 6.45) is 0. The topological polar surface area (TPSA) is 15.3 Å². The minimum atomic E-state index is 0.196. The summed E-state index contributed by atoms with van der Waals surface area (Å²) in [6, 6.07) is 20.8. The van der Waals surface area contributed by atoms with Crippen molar-refractivity contribution in [2.45, 2.75) is 19.9 Å². The maximum Gasteiger partial charge on any atom is 0.173 e. The second-order valence-corrected chi connectivity index (χ2v) is 5.05. The molecule has 0 saturated heterocycles. The van der Waals surface area contributed by atoms with E-state index in [1.54, 1.807) is 0 Å². The first kappa shape index (κ1) is 14.5. The Balaban J connectivity index is 2.07. The van der Waals surface area contributed by atoms with Crippen molar-refractivity contribution in [1.29, 1.82) is 0 Å². The number of hydrogen-bond acceptors (Lipinski definition) is 1. The van der Waals surface area contributed by atoms with Crippen molar-refractivity contribution in [1.82, 2.24) is 5.32 Å². The van der Waals surface area contributed by atoms with Gasteiger partial charge in [0.2, 0.25) is 0 Å². The van der Waals surface area contributed by atoms with Gasteiger partial charge in [-0.05, 0) is 43.8 Å². The molecule has 0 heterocycles. The maximum atomic E-state index is 5.55. The maximum absolute atomic E-state index is 5.55. The molecule has 0 aliphatic carbocycles. The number of benzene rings is 2. The average Bonchev–Trinajstić information content (AvgIpc) is 2.50. The molecule has 2 rings (SSSR count). The zero-order chi connectivity index (χ0) is 14.4. The molecular formula is C17H20N2S.